The first kappa shape index (κ1) is 21.7. The van der Waals surface area contributed by atoms with Gasteiger partial charge in [-0.25, -0.2) is 17.6 Å². The normalized spacial score (nSPS) is 15.0. The number of carbonyl (C=O) groups is 1. The Bertz CT molecular complexity index is 1040. The van der Waals surface area contributed by atoms with Crippen LogP contribution in [0, 0.1) is 15.9 Å². The Hall–Kier alpha value is -3.05. The van der Waals surface area contributed by atoms with E-state index in [0.29, 0.717) is 12.0 Å². The van der Waals surface area contributed by atoms with Gasteiger partial charge in [-0.1, -0.05) is 24.3 Å². The molecule has 160 valence electrons. The molecule has 0 saturated carbocycles. The van der Waals surface area contributed by atoms with Gasteiger partial charge in [-0.15, -0.1) is 0 Å². The molecular weight excluding hydrogens is 415 g/mol. The van der Waals surface area contributed by atoms with Crippen LogP contribution in [-0.4, -0.2) is 61.3 Å². The molecule has 1 aliphatic rings. The molecule has 11 heteroatoms. The predicted molar refractivity (Wildman–Crippen MR) is 107 cm³/mol. The third-order valence-corrected chi connectivity index (χ3v) is 6.72. The molecule has 1 saturated heterocycles. The molecule has 1 N–H and O–H groups in total. The highest BCUT2D eigenvalue weighted by Crippen LogP contribution is 2.22. The average molecular weight is 436 g/mol. The fraction of sp³-hybridized carbons (Fsp3) is 0.316. The van der Waals surface area contributed by atoms with E-state index >= 15 is 0 Å². The van der Waals surface area contributed by atoms with Gasteiger partial charge in [-0.2, -0.15) is 4.31 Å². The van der Waals surface area contributed by atoms with Crippen LogP contribution in [0.2, 0.25) is 0 Å². The van der Waals surface area contributed by atoms with Crippen molar-refractivity contribution in [1.29, 1.82) is 0 Å². The molecular formula is C19H21FN4O5S. The van der Waals surface area contributed by atoms with Crippen LogP contribution in [0.3, 0.4) is 0 Å². The Kier molecular flexibility index (Phi) is 6.63. The summed E-state index contributed by atoms with van der Waals surface area (Å²) >= 11 is 0. The number of urea groups is 1. The van der Waals surface area contributed by atoms with Crippen molar-refractivity contribution >= 4 is 21.7 Å². The summed E-state index contributed by atoms with van der Waals surface area (Å²) in [6.45, 7) is 0.767. The van der Waals surface area contributed by atoms with Gasteiger partial charge >= 0.3 is 6.03 Å². The van der Waals surface area contributed by atoms with Crippen molar-refractivity contribution < 1.29 is 22.5 Å². The molecule has 0 spiro atoms. The molecule has 2 aromatic carbocycles. The molecule has 0 aliphatic carbocycles. The number of piperazine rings is 1. The second-order valence-corrected chi connectivity index (χ2v) is 8.66. The number of carbonyl (C=O) groups excluding carboxylic acids is 1. The van der Waals surface area contributed by atoms with E-state index in [1.165, 1.54) is 33.5 Å². The van der Waals surface area contributed by atoms with Crippen LogP contribution in [0.15, 0.2) is 53.4 Å². The first-order valence-electron chi connectivity index (χ1n) is 9.30. The smallest absolute Gasteiger partial charge is 0.317 e. The Morgan fingerprint density at radius 1 is 1.10 bits per heavy atom. The first-order valence-corrected chi connectivity index (χ1v) is 10.7. The van der Waals surface area contributed by atoms with Crippen molar-refractivity contribution in [2.24, 2.45) is 0 Å². The highest BCUT2D eigenvalue weighted by molar-refractivity contribution is 7.89. The van der Waals surface area contributed by atoms with Crippen molar-refractivity contribution in [1.82, 2.24) is 14.5 Å². The van der Waals surface area contributed by atoms with Gasteiger partial charge in [0.25, 0.3) is 5.69 Å². The van der Waals surface area contributed by atoms with Crippen LogP contribution in [0.25, 0.3) is 0 Å². The van der Waals surface area contributed by atoms with E-state index < -0.39 is 14.9 Å². The maximum atomic E-state index is 13.6. The van der Waals surface area contributed by atoms with E-state index in [2.05, 4.69) is 5.32 Å². The summed E-state index contributed by atoms with van der Waals surface area (Å²) in [6, 6.07) is 10.9. The molecule has 1 heterocycles. The van der Waals surface area contributed by atoms with Crippen molar-refractivity contribution in [3.63, 3.8) is 0 Å². The number of non-ortho nitro benzene ring substituents is 1. The Balaban J connectivity index is 1.53. The minimum atomic E-state index is -3.90. The largest absolute Gasteiger partial charge is 0.338 e. The van der Waals surface area contributed by atoms with E-state index in [9.17, 15) is 27.7 Å². The number of nitrogens with zero attached hydrogens (tertiary/aromatic N) is 3. The van der Waals surface area contributed by atoms with Crippen LogP contribution >= 0.6 is 0 Å². The zero-order chi connectivity index (χ0) is 21.7. The molecule has 0 unspecified atom stereocenters. The molecule has 3 rings (SSSR count). The number of rotatable bonds is 6. The maximum absolute atomic E-state index is 13.6. The Morgan fingerprint density at radius 3 is 2.47 bits per heavy atom. The lowest BCUT2D eigenvalue weighted by atomic mass is 10.1. The van der Waals surface area contributed by atoms with Crippen LogP contribution in [0.4, 0.5) is 14.9 Å². The molecule has 9 nitrogen and oxygen atoms in total. The van der Waals surface area contributed by atoms with Gasteiger partial charge in [0.15, 0.2) is 0 Å². The molecule has 1 aliphatic heterocycles. The van der Waals surface area contributed by atoms with Gasteiger partial charge in [0, 0.05) is 44.9 Å². The summed E-state index contributed by atoms with van der Waals surface area (Å²) in [5.74, 6) is -0.327. The highest BCUT2D eigenvalue weighted by Gasteiger charge is 2.30. The first-order chi connectivity index (χ1) is 14.3. The third-order valence-electron chi connectivity index (χ3n) is 4.82. The number of nitro benzene ring substituents is 1. The fourth-order valence-corrected chi connectivity index (χ4v) is 4.62. The van der Waals surface area contributed by atoms with Gasteiger partial charge in [0.05, 0.1) is 9.82 Å². The predicted octanol–water partition coefficient (Wildman–Crippen LogP) is 1.99. The average Bonchev–Trinajstić information content (AvgIpc) is 2.75. The second-order valence-electron chi connectivity index (χ2n) is 6.72. The van der Waals surface area contributed by atoms with E-state index in [1.54, 1.807) is 18.2 Å². The number of amides is 2. The fourth-order valence-electron chi connectivity index (χ4n) is 3.16. The summed E-state index contributed by atoms with van der Waals surface area (Å²) in [6.07, 6.45) is 0.347. The van der Waals surface area contributed by atoms with Crippen molar-refractivity contribution in [3.05, 3.63) is 70.0 Å². The van der Waals surface area contributed by atoms with Gasteiger partial charge < -0.3 is 10.2 Å². The Labute approximate surface area is 173 Å². The van der Waals surface area contributed by atoms with E-state index in [1.807, 2.05) is 0 Å². The van der Waals surface area contributed by atoms with Gasteiger partial charge in [-0.3, -0.25) is 10.1 Å². The number of hydrogen-bond donors (Lipinski definition) is 1. The van der Waals surface area contributed by atoms with Gasteiger partial charge in [-0.05, 0) is 24.1 Å². The van der Waals surface area contributed by atoms with E-state index in [-0.39, 0.29) is 55.2 Å². The van der Waals surface area contributed by atoms with Gasteiger partial charge in [0.2, 0.25) is 10.0 Å². The standard InChI is InChI=1S/C19H21FN4O5S/c20-18-7-2-1-4-15(18)8-9-21-19(25)22-10-12-23(13-11-22)30(28,29)17-6-3-5-16(14-17)24(26)27/h1-7,14H,8-13H2,(H,21,25). The molecule has 1 fully saturated rings. The van der Waals surface area contributed by atoms with E-state index in [0.717, 1.165) is 6.07 Å². The highest BCUT2D eigenvalue weighted by atomic mass is 32.2. The summed E-state index contributed by atoms with van der Waals surface area (Å²) in [5, 5.41) is 13.6. The lowest BCUT2D eigenvalue weighted by Crippen LogP contribution is -2.53. The SMILES string of the molecule is O=C(NCCc1ccccc1F)N1CCN(S(=O)(=O)c2cccc([N+](=O)[O-])c2)CC1. The van der Waals surface area contributed by atoms with Crippen LogP contribution in [-0.2, 0) is 16.4 Å². The summed E-state index contributed by atoms with van der Waals surface area (Å²) in [7, 11) is -3.90. The zero-order valence-electron chi connectivity index (χ0n) is 16.0. The molecule has 30 heavy (non-hydrogen) atoms. The number of nitro groups is 1. The topological polar surface area (TPSA) is 113 Å². The summed E-state index contributed by atoms with van der Waals surface area (Å²) in [4.78, 5) is 23.9. The number of benzene rings is 2. The zero-order valence-corrected chi connectivity index (χ0v) is 16.8. The lowest BCUT2D eigenvalue weighted by molar-refractivity contribution is -0.385. The van der Waals surface area contributed by atoms with Crippen LogP contribution in [0.1, 0.15) is 5.56 Å². The van der Waals surface area contributed by atoms with Crippen molar-refractivity contribution in [2.45, 2.75) is 11.3 Å². The van der Waals surface area contributed by atoms with Gasteiger partial charge in [0.1, 0.15) is 5.82 Å². The summed E-state index contributed by atoms with van der Waals surface area (Å²) in [5.41, 5.74) is 0.203. The van der Waals surface area contributed by atoms with Crippen molar-refractivity contribution in [2.75, 3.05) is 32.7 Å². The molecule has 2 aromatic rings. The van der Waals surface area contributed by atoms with Crippen LogP contribution < -0.4 is 5.32 Å². The van der Waals surface area contributed by atoms with E-state index in [4.69, 9.17) is 0 Å². The molecule has 0 bridgehead atoms. The molecule has 0 atom stereocenters. The summed E-state index contributed by atoms with van der Waals surface area (Å²) < 4.78 is 40.3. The lowest BCUT2D eigenvalue weighted by Gasteiger charge is -2.34. The van der Waals surface area contributed by atoms with Crippen molar-refractivity contribution in [3.8, 4) is 0 Å². The number of hydrogen-bond acceptors (Lipinski definition) is 5. The monoisotopic (exact) mass is 436 g/mol. The molecule has 2 amide bonds. The minimum Gasteiger partial charge on any atom is -0.338 e. The number of halogens is 1. The van der Waals surface area contributed by atoms with Crippen LogP contribution in [0.5, 0.6) is 0 Å². The second kappa shape index (κ2) is 9.18. The molecule has 0 aromatic heterocycles. The quantitative estimate of drug-likeness (QED) is 0.550. The number of sulfonamides is 1. The minimum absolute atomic E-state index is 0.0752. The number of nitrogens with one attached hydrogen (secondary N) is 1. The Morgan fingerprint density at radius 2 is 1.80 bits per heavy atom. The molecule has 0 radical (unpaired) electrons. The third kappa shape index (κ3) is 4.92. The maximum Gasteiger partial charge on any atom is 0.317 e.